The van der Waals surface area contributed by atoms with Crippen molar-refractivity contribution < 1.29 is 13.2 Å². The van der Waals surface area contributed by atoms with Crippen LogP contribution in [-0.4, -0.2) is 54.8 Å². The SMILES string of the molecule is CCC1CN(S(=O)(=O)c2c(C)nn(CCN)c2C)CCO1. The van der Waals surface area contributed by atoms with Gasteiger partial charge in [-0.05, 0) is 20.3 Å². The third-order valence-electron chi connectivity index (χ3n) is 3.81. The Morgan fingerprint density at radius 3 is 2.76 bits per heavy atom. The van der Waals surface area contributed by atoms with Crippen molar-refractivity contribution in [2.75, 3.05) is 26.2 Å². The van der Waals surface area contributed by atoms with Gasteiger partial charge in [-0.3, -0.25) is 4.68 Å². The van der Waals surface area contributed by atoms with Crippen LogP contribution in [0.2, 0.25) is 0 Å². The molecule has 0 bridgehead atoms. The zero-order chi connectivity index (χ0) is 15.6. The van der Waals surface area contributed by atoms with Crippen molar-refractivity contribution in [3.8, 4) is 0 Å². The molecule has 2 N–H and O–H groups in total. The molecule has 21 heavy (non-hydrogen) atoms. The van der Waals surface area contributed by atoms with Crippen LogP contribution in [0.5, 0.6) is 0 Å². The Bertz CT molecular complexity index is 597. The maximum atomic E-state index is 12.9. The summed E-state index contributed by atoms with van der Waals surface area (Å²) >= 11 is 0. The third kappa shape index (κ3) is 3.13. The van der Waals surface area contributed by atoms with E-state index in [1.165, 1.54) is 4.31 Å². The zero-order valence-corrected chi connectivity index (χ0v) is 13.7. The summed E-state index contributed by atoms with van der Waals surface area (Å²) in [5.41, 5.74) is 6.72. The number of ether oxygens (including phenoxy) is 1. The average molecular weight is 316 g/mol. The zero-order valence-electron chi connectivity index (χ0n) is 12.9. The Hall–Kier alpha value is -0.960. The number of hydrogen-bond acceptors (Lipinski definition) is 5. The molecular weight excluding hydrogens is 292 g/mol. The summed E-state index contributed by atoms with van der Waals surface area (Å²) in [6.07, 6.45) is 0.768. The largest absolute Gasteiger partial charge is 0.375 e. The average Bonchev–Trinajstić information content (AvgIpc) is 2.74. The summed E-state index contributed by atoms with van der Waals surface area (Å²) in [5.74, 6) is 0. The highest BCUT2D eigenvalue weighted by Gasteiger charge is 2.34. The van der Waals surface area contributed by atoms with Crippen LogP contribution in [0.15, 0.2) is 4.90 Å². The molecule has 2 rings (SSSR count). The molecule has 7 nitrogen and oxygen atoms in total. The first-order valence-corrected chi connectivity index (χ1v) is 8.71. The second-order valence-electron chi connectivity index (χ2n) is 5.28. The monoisotopic (exact) mass is 316 g/mol. The Labute approximate surface area is 126 Å². The van der Waals surface area contributed by atoms with Gasteiger partial charge in [0.15, 0.2) is 0 Å². The van der Waals surface area contributed by atoms with E-state index in [1.807, 2.05) is 6.92 Å². The smallest absolute Gasteiger partial charge is 0.246 e. The number of nitrogens with two attached hydrogens (primary N) is 1. The van der Waals surface area contributed by atoms with E-state index in [1.54, 1.807) is 18.5 Å². The molecule has 1 saturated heterocycles. The summed E-state index contributed by atoms with van der Waals surface area (Å²) in [6, 6.07) is 0. The number of nitrogens with zero attached hydrogens (tertiary/aromatic N) is 3. The van der Waals surface area contributed by atoms with Crippen LogP contribution >= 0.6 is 0 Å². The summed E-state index contributed by atoms with van der Waals surface area (Å²) in [5, 5.41) is 4.30. The Balaban J connectivity index is 2.35. The Kier molecular flexibility index (Phi) is 5.03. The van der Waals surface area contributed by atoms with E-state index in [9.17, 15) is 8.42 Å². The standard InChI is InChI=1S/C13H24N4O3S/c1-4-12-9-16(7-8-20-12)21(18,19)13-10(2)15-17(6-5-14)11(13)3/h12H,4-9,14H2,1-3H3. The van der Waals surface area contributed by atoms with E-state index in [4.69, 9.17) is 10.5 Å². The van der Waals surface area contributed by atoms with Crippen molar-refractivity contribution in [2.45, 2.75) is 44.7 Å². The lowest BCUT2D eigenvalue weighted by atomic mass is 10.2. The minimum absolute atomic E-state index is 0.0341. The molecule has 1 fully saturated rings. The van der Waals surface area contributed by atoms with Gasteiger partial charge < -0.3 is 10.5 Å². The van der Waals surface area contributed by atoms with E-state index in [0.717, 1.165) is 6.42 Å². The van der Waals surface area contributed by atoms with Crippen molar-refractivity contribution in [1.29, 1.82) is 0 Å². The number of sulfonamides is 1. The van der Waals surface area contributed by atoms with Crippen molar-refractivity contribution in [2.24, 2.45) is 5.73 Å². The first-order valence-electron chi connectivity index (χ1n) is 7.27. The molecule has 0 aliphatic carbocycles. The van der Waals surface area contributed by atoms with E-state index in [2.05, 4.69) is 5.10 Å². The molecule has 8 heteroatoms. The van der Waals surface area contributed by atoms with Gasteiger partial charge >= 0.3 is 0 Å². The van der Waals surface area contributed by atoms with E-state index in [-0.39, 0.29) is 6.10 Å². The van der Waals surface area contributed by atoms with Crippen LogP contribution in [0.1, 0.15) is 24.7 Å². The van der Waals surface area contributed by atoms with E-state index < -0.39 is 10.0 Å². The molecule has 0 radical (unpaired) electrons. The maximum absolute atomic E-state index is 12.9. The molecule has 1 aliphatic heterocycles. The van der Waals surface area contributed by atoms with Crippen LogP contribution < -0.4 is 5.73 Å². The third-order valence-corrected chi connectivity index (χ3v) is 5.93. The van der Waals surface area contributed by atoms with Crippen LogP contribution in [-0.2, 0) is 21.3 Å². The van der Waals surface area contributed by atoms with Crippen LogP contribution in [0.3, 0.4) is 0 Å². The second-order valence-corrected chi connectivity index (χ2v) is 7.15. The fourth-order valence-electron chi connectivity index (χ4n) is 2.68. The summed E-state index contributed by atoms with van der Waals surface area (Å²) in [6.45, 7) is 7.67. The van der Waals surface area contributed by atoms with Gasteiger partial charge in [0.1, 0.15) is 4.90 Å². The molecule has 0 saturated carbocycles. The number of rotatable bonds is 5. The highest BCUT2D eigenvalue weighted by atomic mass is 32.2. The lowest BCUT2D eigenvalue weighted by molar-refractivity contribution is -0.00280. The van der Waals surface area contributed by atoms with Crippen molar-refractivity contribution >= 4 is 10.0 Å². The first-order chi connectivity index (χ1) is 9.91. The van der Waals surface area contributed by atoms with Gasteiger partial charge in [-0.1, -0.05) is 6.92 Å². The topological polar surface area (TPSA) is 90.5 Å². The lowest BCUT2D eigenvalue weighted by Gasteiger charge is -2.31. The van der Waals surface area contributed by atoms with Crippen molar-refractivity contribution in [3.05, 3.63) is 11.4 Å². The number of hydrogen-bond donors (Lipinski definition) is 1. The quantitative estimate of drug-likeness (QED) is 0.841. The molecular formula is C13H24N4O3S. The molecule has 1 aliphatic rings. The Morgan fingerprint density at radius 2 is 2.14 bits per heavy atom. The highest BCUT2D eigenvalue weighted by Crippen LogP contribution is 2.25. The minimum Gasteiger partial charge on any atom is -0.375 e. The molecule has 0 spiro atoms. The van der Waals surface area contributed by atoms with E-state index in [0.29, 0.717) is 49.1 Å². The predicted octanol–water partition coefficient (Wildman–Crippen LogP) is 0.258. The van der Waals surface area contributed by atoms with Gasteiger partial charge in [-0.25, -0.2) is 8.42 Å². The fourth-order valence-corrected chi connectivity index (χ4v) is 4.51. The first kappa shape index (κ1) is 16.4. The molecule has 0 amide bonds. The molecule has 1 atom stereocenters. The van der Waals surface area contributed by atoms with Gasteiger partial charge in [0.25, 0.3) is 0 Å². The van der Waals surface area contributed by atoms with Crippen LogP contribution in [0.25, 0.3) is 0 Å². The van der Waals surface area contributed by atoms with Gasteiger partial charge in [-0.2, -0.15) is 9.40 Å². The summed E-state index contributed by atoms with van der Waals surface area (Å²) in [7, 11) is -3.53. The van der Waals surface area contributed by atoms with Crippen molar-refractivity contribution in [1.82, 2.24) is 14.1 Å². The summed E-state index contributed by atoms with van der Waals surface area (Å²) in [4.78, 5) is 0.313. The molecule has 120 valence electrons. The molecule has 0 aromatic carbocycles. The number of morpholine rings is 1. The van der Waals surface area contributed by atoms with Gasteiger partial charge in [-0.15, -0.1) is 0 Å². The second kappa shape index (κ2) is 6.43. The van der Waals surface area contributed by atoms with E-state index >= 15 is 0 Å². The van der Waals surface area contributed by atoms with Crippen LogP contribution in [0.4, 0.5) is 0 Å². The Morgan fingerprint density at radius 1 is 1.43 bits per heavy atom. The molecule has 2 heterocycles. The van der Waals surface area contributed by atoms with Crippen LogP contribution in [0, 0.1) is 13.8 Å². The number of aromatic nitrogens is 2. The molecule has 1 unspecified atom stereocenters. The summed E-state index contributed by atoms with van der Waals surface area (Å²) < 4.78 is 34.5. The highest BCUT2D eigenvalue weighted by molar-refractivity contribution is 7.89. The van der Waals surface area contributed by atoms with Gasteiger partial charge in [0.05, 0.1) is 30.6 Å². The number of aryl methyl sites for hydroxylation is 1. The molecule has 1 aromatic rings. The minimum atomic E-state index is -3.53. The molecule has 1 aromatic heterocycles. The van der Waals surface area contributed by atoms with Gasteiger partial charge in [0, 0.05) is 19.6 Å². The fraction of sp³-hybridized carbons (Fsp3) is 0.769. The van der Waals surface area contributed by atoms with Crippen molar-refractivity contribution in [3.63, 3.8) is 0 Å². The lowest BCUT2D eigenvalue weighted by Crippen LogP contribution is -2.45. The maximum Gasteiger partial charge on any atom is 0.246 e. The normalized spacial score (nSPS) is 20.9. The predicted molar refractivity (Wildman–Crippen MR) is 79.5 cm³/mol. The van der Waals surface area contributed by atoms with Gasteiger partial charge in [0.2, 0.25) is 10.0 Å².